The number of thiazole rings is 1. The number of para-hydroxylation sites is 1. The summed E-state index contributed by atoms with van der Waals surface area (Å²) >= 11 is 1.53. The predicted molar refractivity (Wildman–Crippen MR) is 129 cm³/mol. The second kappa shape index (κ2) is 10.0. The van der Waals surface area contributed by atoms with Gasteiger partial charge in [-0.15, -0.1) is 11.3 Å². The van der Waals surface area contributed by atoms with Crippen molar-refractivity contribution in [3.63, 3.8) is 0 Å². The SMILES string of the molecule is COCCc1nc(-c2ccc3c(c2)N(CC(=O)Nc2ccccc2C(N)=O)C(=O)C(C)O3)cs1. The minimum Gasteiger partial charge on any atom is -0.479 e. The van der Waals surface area contributed by atoms with Crippen molar-refractivity contribution in [1.82, 2.24) is 4.98 Å². The predicted octanol–water partition coefficient (Wildman–Crippen LogP) is 2.85. The van der Waals surface area contributed by atoms with E-state index in [9.17, 15) is 14.4 Å². The molecule has 3 N–H and O–H groups in total. The Morgan fingerprint density at radius 1 is 1.26 bits per heavy atom. The topological polar surface area (TPSA) is 124 Å². The van der Waals surface area contributed by atoms with Crippen LogP contribution in [-0.2, 0) is 20.7 Å². The molecule has 2 aromatic carbocycles. The van der Waals surface area contributed by atoms with Crippen LogP contribution in [0.25, 0.3) is 11.3 Å². The Bertz CT molecular complexity index is 1240. The van der Waals surface area contributed by atoms with Crippen molar-refractivity contribution in [2.45, 2.75) is 19.4 Å². The van der Waals surface area contributed by atoms with Gasteiger partial charge in [0.05, 0.1) is 34.2 Å². The first kappa shape index (κ1) is 23.4. The van der Waals surface area contributed by atoms with Gasteiger partial charge < -0.3 is 20.5 Å². The Kier molecular flexibility index (Phi) is 6.90. The van der Waals surface area contributed by atoms with Gasteiger partial charge in [-0.25, -0.2) is 4.98 Å². The number of nitrogens with one attached hydrogen (secondary N) is 1. The second-order valence-electron chi connectivity index (χ2n) is 7.69. The number of amides is 3. The molecule has 0 saturated heterocycles. The monoisotopic (exact) mass is 480 g/mol. The van der Waals surface area contributed by atoms with Crippen molar-refractivity contribution in [2.75, 3.05) is 30.5 Å². The van der Waals surface area contributed by atoms with Gasteiger partial charge in [0.1, 0.15) is 12.3 Å². The Morgan fingerprint density at radius 3 is 2.82 bits per heavy atom. The number of carbonyl (C=O) groups excluding carboxylic acids is 3. The van der Waals surface area contributed by atoms with Crippen LogP contribution in [0.3, 0.4) is 0 Å². The Labute approximate surface area is 200 Å². The molecule has 2 heterocycles. The van der Waals surface area contributed by atoms with Crippen LogP contribution in [0.4, 0.5) is 11.4 Å². The van der Waals surface area contributed by atoms with Crippen LogP contribution in [0.1, 0.15) is 22.3 Å². The highest BCUT2D eigenvalue weighted by Crippen LogP contribution is 2.37. The zero-order valence-corrected chi connectivity index (χ0v) is 19.6. The zero-order chi connectivity index (χ0) is 24.2. The van der Waals surface area contributed by atoms with Crippen LogP contribution in [-0.4, -0.2) is 49.1 Å². The maximum Gasteiger partial charge on any atom is 0.268 e. The number of carbonyl (C=O) groups is 3. The Hall–Kier alpha value is -3.76. The van der Waals surface area contributed by atoms with Crippen LogP contribution in [0.2, 0.25) is 0 Å². The van der Waals surface area contributed by atoms with Crippen molar-refractivity contribution in [3.05, 3.63) is 58.4 Å². The minimum atomic E-state index is -0.746. The van der Waals surface area contributed by atoms with E-state index in [1.165, 1.54) is 22.3 Å². The summed E-state index contributed by atoms with van der Waals surface area (Å²) in [6.07, 6.45) is -0.0337. The molecule has 1 aromatic heterocycles. The van der Waals surface area contributed by atoms with E-state index >= 15 is 0 Å². The maximum absolute atomic E-state index is 12.9. The summed E-state index contributed by atoms with van der Waals surface area (Å²) in [6.45, 7) is 1.96. The molecule has 1 unspecified atom stereocenters. The van der Waals surface area contributed by atoms with E-state index in [1.54, 1.807) is 44.4 Å². The van der Waals surface area contributed by atoms with Gasteiger partial charge in [-0.2, -0.15) is 0 Å². The molecule has 0 radical (unpaired) electrons. The van der Waals surface area contributed by atoms with Crippen LogP contribution < -0.4 is 20.7 Å². The number of nitrogens with two attached hydrogens (primary N) is 1. The molecule has 0 fully saturated rings. The molecule has 1 aliphatic heterocycles. The molecule has 0 aliphatic carbocycles. The number of hydrogen-bond acceptors (Lipinski definition) is 7. The fraction of sp³-hybridized carbons (Fsp3) is 0.250. The lowest BCUT2D eigenvalue weighted by atomic mass is 10.1. The van der Waals surface area contributed by atoms with Crippen molar-refractivity contribution < 1.29 is 23.9 Å². The molecule has 1 aliphatic rings. The molecule has 0 saturated carbocycles. The summed E-state index contributed by atoms with van der Waals surface area (Å²) in [7, 11) is 1.65. The molecule has 9 nitrogen and oxygen atoms in total. The lowest BCUT2D eigenvalue weighted by molar-refractivity contribution is -0.127. The molecule has 34 heavy (non-hydrogen) atoms. The first-order valence-corrected chi connectivity index (χ1v) is 11.5. The molecular formula is C24H24N4O5S. The normalized spacial score (nSPS) is 14.9. The van der Waals surface area contributed by atoms with Gasteiger partial charge in [-0.05, 0) is 37.3 Å². The van der Waals surface area contributed by atoms with Gasteiger partial charge in [0.25, 0.3) is 11.8 Å². The van der Waals surface area contributed by atoms with Gasteiger partial charge in [0.2, 0.25) is 5.91 Å². The number of nitrogens with zero attached hydrogens (tertiary/aromatic N) is 2. The third-order valence-corrected chi connectivity index (χ3v) is 6.21. The van der Waals surface area contributed by atoms with E-state index < -0.39 is 17.9 Å². The molecule has 10 heteroatoms. The number of primary amides is 1. The highest BCUT2D eigenvalue weighted by molar-refractivity contribution is 7.09. The molecule has 4 rings (SSSR count). The number of anilines is 2. The van der Waals surface area contributed by atoms with E-state index in [1.807, 2.05) is 11.4 Å². The molecule has 3 amide bonds. The number of methoxy groups -OCH3 is 1. The summed E-state index contributed by atoms with van der Waals surface area (Å²) in [5, 5.41) is 5.56. The third kappa shape index (κ3) is 4.92. The van der Waals surface area contributed by atoms with E-state index in [0.29, 0.717) is 24.5 Å². The maximum atomic E-state index is 12.9. The molecule has 0 bridgehead atoms. The number of aromatic nitrogens is 1. The molecule has 0 spiro atoms. The molecule has 1 atom stereocenters. The molecule has 176 valence electrons. The van der Waals surface area contributed by atoms with Crippen molar-refractivity contribution in [1.29, 1.82) is 0 Å². The fourth-order valence-corrected chi connectivity index (χ4v) is 4.41. The average molecular weight is 481 g/mol. The van der Waals surface area contributed by atoms with Gasteiger partial charge in [0.15, 0.2) is 6.10 Å². The number of rotatable bonds is 8. The standard InChI is InChI=1S/C24H24N4O5S/c1-14-24(31)28(12-21(29)26-17-6-4-3-5-16(17)23(25)30)19-11-15(7-8-20(19)33-14)18-13-34-22(27-18)9-10-32-2/h3-8,11,13-14H,9-10,12H2,1-2H3,(H2,25,30)(H,26,29). The zero-order valence-electron chi connectivity index (χ0n) is 18.7. The number of ether oxygens (including phenoxy) is 2. The van der Waals surface area contributed by atoms with E-state index in [-0.39, 0.29) is 23.7 Å². The molecular weight excluding hydrogens is 456 g/mol. The van der Waals surface area contributed by atoms with Crippen molar-refractivity contribution >= 4 is 40.4 Å². The van der Waals surface area contributed by atoms with Crippen molar-refractivity contribution in [3.8, 4) is 17.0 Å². The molecule has 3 aromatic rings. The summed E-state index contributed by atoms with van der Waals surface area (Å²) in [6, 6.07) is 11.9. The summed E-state index contributed by atoms with van der Waals surface area (Å²) in [5.74, 6) is -0.976. The van der Waals surface area contributed by atoms with E-state index in [4.69, 9.17) is 15.2 Å². The number of fused-ring (bicyclic) bond motifs is 1. The lowest BCUT2D eigenvalue weighted by Crippen LogP contribution is -2.47. The first-order valence-electron chi connectivity index (χ1n) is 10.6. The lowest BCUT2D eigenvalue weighted by Gasteiger charge is -2.33. The highest BCUT2D eigenvalue weighted by atomic mass is 32.1. The van der Waals surface area contributed by atoms with Crippen LogP contribution in [0.5, 0.6) is 5.75 Å². The number of benzene rings is 2. The largest absolute Gasteiger partial charge is 0.479 e. The van der Waals surface area contributed by atoms with Gasteiger partial charge in [-0.3, -0.25) is 19.3 Å². The second-order valence-corrected chi connectivity index (χ2v) is 8.64. The average Bonchev–Trinajstić information content (AvgIpc) is 3.29. The smallest absolute Gasteiger partial charge is 0.268 e. The van der Waals surface area contributed by atoms with Crippen molar-refractivity contribution in [2.24, 2.45) is 5.73 Å². The van der Waals surface area contributed by atoms with Crippen LogP contribution in [0, 0.1) is 0 Å². The summed E-state index contributed by atoms with van der Waals surface area (Å²) in [5.41, 5.74) is 7.91. The minimum absolute atomic E-state index is 0.188. The number of hydrogen-bond donors (Lipinski definition) is 2. The Balaban J connectivity index is 1.59. The van der Waals surface area contributed by atoms with E-state index in [2.05, 4.69) is 10.3 Å². The van der Waals surface area contributed by atoms with Gasteiger partial charge >= 0.3 is 0 Å². The quantitative estimate of drug-likeness (QED) is 0.511. The van der Waals surface area contributed by atoms with Gasteiger partial charge in [-0.1, -0.05) is 12.1 Å². The third-order valence-electron chi connectivity index (χ3n) is 5.30. The van der Waals surface area contributed by atoms with E-state index in [0.717, 1.165) is 16.3 Å². The van der Waals surface area contributed by atoms with Crippen LogP contribution in [0.15, 0.2) is 47.8 Å². The van der Waals surface area contributed by atoms with Crippen LogP contribution >= 0.6 is 11.3 Å². The summed E-state index contributed by atoms with van der Waals surface area (Å²) in [4.78, 5) is 43.5. The highest BCUT2D eigenvalue weighted by Gasteiger charge is 2.33. The Morgan fingerprint density at radius 2 is 2.06 bits per heavy atom. The van der Waals surface area contributed by atoms with Gasteiger partial charge in [0, 0.05) is 24.5 Å². The fourth-order valence-electron chi connectivity index (χ4n) is 3.62. The first-order chi connectivity index (χ1) is 16.4. The summed E-state index contributed by atoms with van der Waals surface area (Å²) < 4.78 is 10.9.